The molecule has 9 fully saturated rings. The van der Waals surface area contributed by atoms with Crippen molar-refractivity contribution in [3.8, 4) is 0 Å². The maximum absolute atomic E-state index is 10.3. The molecule has 6 radical (unpaired) electrons. The maximum Gasteiger partial charge on any atom is 0.161 e. The normalized spacial score (nSPS) is 38.2. The quantitative estimate of drug-likeness (QED) is 0.147. The zero-order valence-electron chi connectivity index (χ0n) is 53.6. The van der Waals surface area contributed by atoms with Crippen LogP contribution in [0.1, 0.15) is 209 Å². The molecule has 1 spiro atoms. The van der Waals surface area contributed by atoms with Gasteiger partial charge in [-0.15, -0.1) is 0 Å². The van der Waals surface area contributed by atoms with Gasteiger partial charge >= 0.3 is 0 Å². The van der Waals surface area contributed by atoms with Crippen molar-refractivity contribution in [1.82, 2.24) is 0 Å². The van der Waals surface area contributed by atoms with E-state index in [0.29, 0.717) is 44.8 Å². The lowest BCUT2D eigenvalue weighted by Gasteiger charge is -2.39. The Kier molecular flexibility index (Phi) is 24.9. The summed E-state index contributed by atoms with van der Waals surface area (Å²) in [5, 5.41) is 50.1. The van der Waals surface area contributed by atoms with E-state index < -0.39 is 29.4 Å². The second kappa shape index (κ2) is 27.5. The van der Waals surface area contributed by atoms with Crippen LogP contribution in [0.25, 0.3) is 0 Å². The second-order valence-corrected chi connectivity index (χ2v) is 32.0. The first-order valence-corrected chi connectivity index (χ1v) is 30.9. The molecule has 11 nitrogen and oxygen atoms in total. The van der Waals surface area contributed by atoms with E-state index in [1.165, 1.54) is 25.7 Å². The minimum atomic E-state index is -0.978. The van der Waals surface area contributed by atoms with Crippen molar-refractivity contribution in [2.75, 3.05) is 39.6 Å². The fourth-order valence-electron chi connectivity index (χ4n) is 11.4. The van der Waals surface area contributed by atoms with E-state index in [1.54, 1.807) is 13.8 Å². The van der Waals surface area contributed by atoms with Crippen molar-refractivity contribution in [2.24, 2.45) is 32.5 Å². The van der Waals surface area contributed by atoms with Crippen molar-refractivity contribution in [3.05, 3.63) is 0 Å². The summed E-state index contributed by atoms with van der Waals surface area (Å²) in [6.07, 6.45) is 19.6. The first kappa shape index (κ1) is 70.4. The highest BCUT2D eigenvalue weighted by molar-refractivity contribution is 6.41. The Morgan fingerprint density at radius 1 is 0.397 bits per heavy atom. The lowest BCUT2D eigenvalue weighted by atomic mass is 9.43. The van der Waals surface area contributed by atoms with E-state index in [9.17, 15) is 25.5 Å². The van der Waals surface area contributed by atoms with Gasteiger partial charge in [0, 0.05) is 12.8 Å². The highest BCUT2D eigenvalue weighted by Crippen LogP contribution is 2.51. The first-order valence-electron chi connectivity index (χ1n) is 30.9. The van der Waals surface area contributed by atoms with Gasteiger partial charge in [-0.1, -0.05) is 193 Å². The predicted molar refractivity (Wildman–Crippen MR) is 327 cm³/mol. The van der Waals surface area contributed by atoms with Crippen LogP contribution in [0.2, 0.25) is 72.3 Å². The molecule has 8 atom stereocenters. The average Bonchev–Trinajstić information content (AvgIpc) is 3.40. The lowest BCUT2D eigenvalue weighted by Crippen LogP contribution is -2.41. The summed E-state index contributed by atoms with van der Waals surface area (Å²) >= 11 is 0. The number of rotatable bonds is 0. The topological polar surface area (TPSA) is 157 Å². The van der Waals surface area contributed by atoms with Crippen molar-refractivity contribution >= 4 is 43.7 Å². The first-order chi connectivity index (χ1) is 35.5. The second-order valence-electron chi connectivity index (χ2n) is 32.0. The molecule has 3 saturated carbocycles. The third-order valence-corrected chi connectivity index (χ3v) is 19.0. The largest absolute Gasteiger partial charge is 0.375 e. The van der Waals surface area contributed by atoms with Gasteiger partial charge in [0.1, 0.15) is 43.7 Å². The van der Waals surface area contributed by atoms with Crippen LogP contribution in [0.5, 0.6) is 0 Å². The van der Waals surface area contributed by atoms with Crippen LogP contribution in [0.15, 0.2) is 0 Å². The summed E-state index contributed by atoms with van der Waals surface area (Å²) in [4.78, 5) is 0. The fourth-order valence-corrected chi connectivity index (χ4v) is 11.4. The molecule has 9 rings (SSSR count). The van der Waals surface area contributed by atoms with Crippen LogP contribution in [0, 0.1) is 32.5 Å². The lowest BCUT2D eigenvalue weighted by molar-refractivity contribution is -0.226. The van der Waals surface area contributed by atoms with Crippen LogP contribution in [-0.4, -0.2) is 144 Å². The van der Waals surface area contributed by atoms with Crippen molar-refractivity contribution < 1.29 is 54.0 Å². The third kappa shape index (κ3) is 22.1. The summed E-state index contributed by atoms with van der Waals surface area (Å²) in [7, 11) is 13.6. The SMILES string of the molecule is CC1(C)C[B]C(C)(C)C(C)(C)OC1.CC1(C)C[B]C2(CCCCC2)C(O)OC1.CC1(C)C[B]C2CCCC2(O)OC1.CC1(C)C[B]C2CCCCC2(O)OC1.CC1(C)C[B]CC(C)(O)OC1.CC1[B]CC(C)(C)COC1(C)O. The summed E-state index contributed by atoms with van der Waals surface area (Å²) in [6.45, 7) is 44.8. The molecule has 9 aliphatic rings. The Hall–Kier alpha value is -0.0504. The van der Waals surface area contributed by atoms with Gasteiger partial charge in [0.25, 0.3) is 0 Å². The molecule has 17 heteroatoms. The number of fused-ring (bicyclic) bond motifs is 2. The van der Waals surface area contributed by atoms with Crippen LogP contribution >= 0.6 is 0 Å². The zero-order valence-corrected chi connectivity index (χ0v) is 53.6. The van der Waals surface area contributed by atoms with Crippen LogP contribution in [-0.2, 0) is 28.4 Å². The molecule has 0 bridgehead atoms. The van der Waals surface area contributed by atoms with Crippen molar-refractivity contribution in [2.45, 2.75) is 316 Å². The summed E-state index contributed by atoms with van der Waals surface area (Å²) in [5.41, 5.74) is 1.16. The molecule has 6 aliphatic heterocycles. The molecule has 3 aliphatic carbocycles. The number of aliphatic hydroxyl groups is 5. The number of ether oxygens (including phenoxy) is 6. The summed E-state index contributed by atoms with van der Waals surface area (Å²) in [6, 6.07) is 0. The Bertz CT molecular complexity index is 1760. The Balaban J connectivity index is 0.000000202. The minimum absolute atomic E-state index is 0.0357. The summed E-state index contributed by atoms with van der Waals surface area (Å²) < 4.78 is 33.8. The van der Waals surface area contributed by atoms with E-state index in [1.807, 2.05) is 6.92 Å². The van der Waals surface area contributed by atoms with E-state index in [0.717, 1.165) is 95.9 Å². The standard InChI is InChI=1S/C12H22BO2.C11H20BO2.C11H22BO.C10H18BO2.C9H18BO2.C8H16BO2/c1-11(2)8-13-12(10(14)15-9-11)6-4-3-5-7-12;1-10(2)7-12-9-5-3-4-6-11(9,13)14-8-10;1-9(2)7-12-10(3,4)11(5,6)13-8-9;1-9(2)6-11-8-4-3-5-10(8,12)13-7-9;1-7-9(4,11)12-6-8(2,3)5-10-7;1-7(2)4-9-5-8(3,10)11-6-7/h10,14H,3-9H2,1-2H3;9,13H,3-8H2,1-2H3;7-8H2,1-6H3;8,12H,3-7H2,1-2H3;7,11H,5-6H2,1-4H3;10H,4-6H2,1-3H3. The minimum Gasteiger partial charge on any atom is -0.375 e. The maximum atomic E-state index is 10.3. The molecule has 444 valence electrons. The van der Waals surface area contributed by atoms with Gasteiger partial charge in [-0.2, -0.15) is 0 Å². The van der Waals surface area contributed by atoms with Gasteiger partial charge in [0.2, 0.25) is 0 Å². The van der Waals surface area contributed by atoms with E-state index in [4.69, 9.17) is 28.4 Å². The van der Waals surface area contributed by atoms with Crippen LogP contribution in [0.3, 0.4) is 0 Å². The third-order valence-electron chi connectivity index (χ3n) is 19.0. The highest BCUT2D eigenvalue weighted by atomic mass is 16.6. The van der Waals surface area contributed by atoms with E-state index in [2.05, 4.69) is 154 Å². The number of hydrogen-bond acceptors (Lipinski definition) is 11. The molecule has 0 aromatic heterocycles. The zero-order chi connectivity index (χ0) is 59.0. The number of aliphatic hydroxyl groups excluding tert-OH is 1. The molecule has 0 aromatic rings. The average molecular weight is 1090 g/mol. The molecule has 0 aromatic carbocycles. The van der Waals surface area contributed by atoms with Crippen molar-refractivity contribution in [1.29, 1.82) is 0 Å². The van der Waals surface area contributed by atoms with E-state index in [-0.39, 0.29) is 60.8 Å². The van der Waals surface area contributed by atoms with Crippen molar-refractivity contribution in [3.63, 3.8) is 0 Å². The molecule has 5 N–H and O–H groups in total. The monoisotopic (exact) mass is 1090 g/mol. The molecule has 8 unspecified atom stereocenters. The molecule has 0 amide bonds. The van der Waals surface area contributed by atoms with Gasteiger partial charge in [0.05, 0.1) is 45.2 Å². The fraction of sp³-hybridized carbons (Fsp3) is 1.00. The Labute approximate surface area is 483 Å². The van der Waals surface area contributed by atoms with Gasteiger partial charge in [-0.3, -0.25) is 0 Å². The molecule has 6 heterocycles. The highest BCUT2D eigenvalue weighted by Gasteiger charge is 2.48. The van der Waals surface area contributed by atoms with Gasteiger partial charge in [-0.25, -0.2) is 0 Å². The van der Waals surface area contributed by atoms with Gasteiger partial charge in [-0.05, 0) is 107 Å². The summed E-state index contributed by atoms with van der Waals surface area (Å²) in [5.74, 6) is -2.94. The number of hydrogen-bond donors (Lipinski definition) is 5. The Morgan fingerprint density at radius 3 is 1.38 bits per heavy atom. The van der Waals surface area contributed by atoms with Gasteiger partial charge in [0.15, 0.2) is 29.4 Å². The van der Waals surface area contributed by atoms with Crippen LogP contribution < -0.4 is 0 Å². The molecule has 78 heavy (non-hydrogen) atoms. The predicted octanol–water partition coefficient (Wildman–Crippen LogP) is 12.8. The molecular formula is C61H116B6O11. The molecular weight excluding hydrogens is 974 g/mol. The Morgan fingerprint density at radius 2 is 0.821 bits per heavy atom. The van der Waals surface area contributed by atoms with Crippen LogP contribution in [0.4, 0.5) is 0 Å². The smallest absolute Gasteiger partial charge is 0.161 e. The van der Waals surface area contributed by atoms with E-state index >= 15 is 0 Å². The molecule has 6 saturated heterocycles. The van der Waals surface area contributed by atoms with Gasteiger partial charge < -0.3 is 54.0 Å².